The average molecular weight is 403 g/mol. The topological polar surface area (TPSA) is 54.4 Å². The highest BCUT2D eigenvalue weighted by atomic mass is 16.5. The van der Waals surface area contributed by atoms with E-state index >= 15 is 0 Å². The Balaban J connectivity index is 1.54. The molecule has 3 aliphatic heterocycles. The van der Waals surface area contributed by atoms with Crippen LogP contribution >= 0.6 is 0 Å². The highest BCUT2D eigenvalue weighted by Gasteiger charge is 2.38. The van der Waals surface area contributed by atoms with Crippen LogP contribution in [-0.4, -0.2) is 50.4 Å². The van der Waals surface area contributed by atoms with Crippen molar-refractivity contribution in [1.82, 2.24) is 4.90 Å². The molecule has 1 amide bonds. The summed E-state index contributed by atoms with van der Waals surface area (Å²) in [5.74, 6) is 1.33. The molecule has 2 aromatic carbocycles. The molecule has 0 aliphatic carbocycles. The van der Waals surface area contributed by atoms with Crippen LogP contribution in [0.2, 0.25) is 0 Å². The lowest BCUT2D eigenvalue weighted by molar-refractivity contribution is -0.114. The Hall–Kier alpha value is -3.28. The first-order valence-corrected chi connectivity index (χ1v) is 10.4. The third-order valence-corrected chi connectivity index (χ3v) is 6.08. The Labute approximate surface area is 176 Å². The van der Waals surface area contributed by atoms with Crippen molar-refractivity contribution in [3.63, 3.8) is 0 Å². The largest absolute Gasteiger partial charge is 0.497 e. The Kier molecular flexibility index (Phi) is 4.69. The number of benzene rings is 2. The van der Waals surface area contributed by atoms with Crippen molar-refractivity contribution >= 4 is 23.0 Å². The van der Waals surface area contributed by atoms with E-state index in [0.29, 0.717) is 24.5 Å². The summed E-state index contributed by atoms with van der Waals surface area (Å²) in [7, 11) is 3.24. The van der Waals surface area contributed by atoms with Crippen molar-refractivity contribution in [2.75, 3.05) is 38.8 Å². The second kappa shape index (κ2) is 7.52. The standard InChI is InChI=1S/C24H25N3O3/c1-29-18-12-17(13-19(14-18)30-2)27-15-22(26-9-5-6-10-26)23(24(27)28)21-11-16-7-3-4-8-20(16)25-21/h3-4,7-8,12-14H,5-6,9-11,15H2,1-2H3. The predicted octanol–water partition coefficient (Wildman–Crippen LogP) is 3.73. The van der Waals surface area contributed by atoms with Crippen molar-refractivity contribution in [3.8, 4) is 11.5 Å². The molecule has 6 heteroatoms. The van der Waals surface area contributed by atoms with E-state index in [4.69, 9.17) is 14.5 Å². The van der Waals surface area contributed by atoms with Crippen LogP contribution in [0.15, 0.2) is 58.7 Å². The second-order valence-electron chi connectivity index (χ2n) is 7.84. The quantitative estimate of drug-likeness (QED) is 0.763. The van der Waals surface area contributed by atoms with Crippen LogP contribution in [0.25, 0.3) is 0 Å². The molecule has 0 spiro atoms. The number of para-hydroxylation sites is 1. The van der Waals surface area contributed by atoms with E-state index in [0.717, 1.165) is 54.3 Å². The van der Waals surface area contributed by atoms with Gasteiger partial charge in [0.05, 0.1) is 43.4 Å². The fraction of sp³-hybridized carbons (Fsp3) is 0.333. The molecule has 3 heterocycles. The maximum Gasteiger partial charge on any atom is 0.262 e. The van der Waals surface area contributed by atoms with E-state index in [1.165, 1.54) is 5.56 Å². The van der Waals surface area contributed by atoms with Crippen molar-refractivity contribution in [2.45, 2.75) is 19.3 Å². The van der Waals surface area contributed by atoms with E-state index in [1.807, 2.05) is 41.3 Å². The zero-order chi connectivity index (χ0) is 20.7. The summed E-state index contributed by atoms with van der Waals surface area (Å²) in [6, 6.07) is 13.7. The molecule has 2 aromatic rings. The molecular weight excluding hydrogens is 378 g/mol. The number of rotatable bonds is 5. The van der Waals surface area contributed by atoms with Crippen LogP contribution in [0.4, 0.5) is 11.4 Å². The molecule has 0 N–H and O–H groups in total. The fourth-order valence-corrected chi connectivity index (χ4v) is 4.53. The van der Waals surface area contributed by atoms with Crippen molar-refractivity contribution in [3.05, 3.63) is 59.3 Å². The summed E-state index contributed by atoms with van der Waals surface area (Å²) < 4.78 is 10.8. The van der Waals surface area contributed by atoms with Crippen molar-refractivity contribution in [2.24, 2.45) is 4.99 Å². The molecule has 3 aliphatic rings. The Morgan fingerprint density at radius 2 is 1.67 bits per heavy atom. The first-order valence-electron chi connectivity index (χ1n) is 10.4. The Morgan fingerprint density at radius 1 is 0.967 bits per heavy atom. The molecule has 0 radical (unpaired) electrons. The van der Waals surface area contributed by atoms with Crippen LogP contribution in [0.5, 0.6) is 11.5 Å². The van der Waals surface area contributed by atoms with Crippen LogP contribution in [-0.2, 0) is 11.2 Å². The molecule has 0 atom stereocenters. The lowest BCUT2D eigenvalue weighted by atomic mass is 10.0. The van der Waals surface area contributed by atoms with Gasteiger partial charge in [0, 0.05) is 43.4 Å². The number of hydrogen-bond acceptors (Lipinski definition) is 5. The van der Waals surface area contributed by atoms with Gasteiger partial charge in [-0.25, -0.2) is 0 Å². The van der Waals surface area contributed by atoms with Gasteiger partial charge in [-0.2, -0.15) is 0 Å². The van der Waals surface area contributed by atoms with E-state index in [1.54, 1.807) is 14.2 Å². The Bertz CT molecular complexity index is 1040. The maximum absolute atomic E-state index is 13.7. The number of likely N-dealkylation sites (tertiary alicyclic amines) is 1. The number of ether oxygens (including phenoxy) is 2. The van der Waals surface area contributed by atoms with Gasteiger partial charge < -0.3 is 19.3 Å². The summed E-state index contributed by atoms with van der Waals surface area (Å²) in [6.45, 7) is 2.52. The SMILES string of the molecule is COc1cc(OC)cc(N2CC(N3CCCC3)=C(C3=Nc4ccccc4C3)C2=O)c1. The number of carbonyl (C=O) groups excluding carboxylic acids is 1. The number of amides is 1. The molecule has 0 saturated carbocycles. The average Bonchev–Trinajstić information content (AvgIpc) is 3.51. The summed E-state index contributed by atoms with van der Waals surface area (Å²) in [5, 5.41) is 0. The highest BCUT2D eigenvalue weighted by molar-refractivity contribution is 6.30. The van der Waals surface area contributed by atoms with Crippen LogP contribution in [0, 0.1) is 0 Å². The zero-order valence-corrected chi connectivity index (χ0v) is 17.4. The molecule has 1 fully saturated rings. The van der Waals surface area contributed by atoms with Crippen LogP contribution in [0.3, 0.4) is 0 Å². The monoisotopic (exact) mass is 403 g/mol. The van der Waals surface area contributed by atoms with Gasteiger partial charge >= 0.3 is 0 Å². The minimum atomic E-state index is -0.00115. The Morgan fingerprint density at radius 3 is 2.33 bits per heavy atom. The van der Waals surface area contributed by atoms with E-state index in [9.17, 15) is 4.79 Å². The minimum absolute atomic E-state index is 0.00115. The van der Waals surface area contributed by atoms with E-state index < -0.39 is 0 Å². The third-order valence-electron chi connectivity index (χ3n) is 6.08. The number of aliphatic imine (C=N–C) groups is 1. The molecular formula is C24H25N3O3. The van der Waals surface area contributed by atoms with Crippen molar-refractivity contribution < 1.29 is 14.3 Å². The number of hydrogen-bond donors (Lipinski definition) is 0. The molecule has 1 saturated heterocycles. The molecule has 30 heavy (non-hydrogen) atoms. The van der Waals surface area contributed by atoms with E-state index in [2.05, 4.69) is 11.0 Å². The smallest absolute Gasteiger partial charge is 0.262 e. The van der Waals surface area contributed by atoms with Gasteiger partial charge in [-0.15, -0.1) is 0 Å². The first kappa shape index (κ1) is 18.7. The summed E-state index contributed by atoms with van der Waals surface area (Å²) >= 11 is 0. The summed E-state index contributed by atoms with van der Waals surface area (Å²) in [6.07, 6.45) is 3.01. The second-order valence-corrected chi connectivity index (χ2v) is 7.84. The number of anilines is 1. The number of fused-ring (bicyclic) bond motifs is 1. The van der Waals surface area contributed by atoms with Gasteiger partial charge in [0.25, 0.3) is 5.91 Å². The third kappa shape index (κ3) is 3.12. The molecule has 5 rings (SSSR count). The normalized spacial score (nSPS) is 18.2. The van der Waals surface area contributed by atoms with E-state index in [-0.39, 0.29) is 5.91 Å². The lowest BCUT2D eigenvalue weighted by Crippen LogP contribution is -2.29. The molecule has 0 unspecified atom stereocenters. The van der Waals surface area contributed by atoms with Gasteiger partial charge in [0.15, 0.2) is 0 Å². The van der Waals surface area contributed by atoms with Gasteiger partial charge in [-0.3, -0.25) is 9.79 Å². The molecule has 154 valence electrons. The first-order chi connectivity index (χ1) is 14.7. The molecule has 0 aromatic heterocycles. The maximum atomic E-state index is 13.7. The number of nitrogens with zero attached hydrogens (tertiary/aromatic N) is 3. The molecule has 0 bridgehead atoms. The van der Waals surface area contributed by atoms with Crippen LogP contribution < -0.4 is 14.4 Å². The summed E-state index contributed by atoms with van der Waals surface area (Å²) in [4.78, 5) is 22.7. The number of carbonyl (C=O) groups is 1. The van der Waals surface area contributed by atoms with Gasteiger partial charge in [-0.05, 0) is 24.5 Å². The lowest BCUT2D eigenvalue weighted by Gasteiger charge is -2.22. The predicted molar refractivity (Wildman–Crippen MR) is 117 cm³/mol. The van der Waals surface area contributed by atoms with Gasteiger partial charge in [-0.1, -0.05) is 18.2 Å². The molecule has 6 nitrogen and oxygen atoms in total. The van der Waals surface area contributed by atoms with Gasteiger partial charge in [0.1, 0.15) is 11.5 Å². The number of methoxy groups -OCH3 is 2. The van der Waals surface area contributed by atoms with Crippen molar-refractivity contribution in [1.29, 1.82) is 0 Å². The highest BCUT2D eigenvalue weighted by Crippen LogP contribution is 2.37. The fourth-order valence-electron chi connectivity index (χ4n) is 4.53. The minimum Gasteiger partial charge on any atom is -0.497 e. The van der Waals surface area contributed by atoms with Gasteiger partial charge in [0.2, 0.25) is 0 Å². The van der Waals surface area contributed by atoms with Crippen LogP contribution in [0.1, 0.15) is 18.4 Å². The summed E-state index contributed by atoms with van der Waals surface area (Å²) in [5.41, 5.74) is 5.64. The zero-order valence-electron chi connectivity index (χ0n) is 17.4.